The van der Waals surface area contributed by atoms with E-state index in [-0.39, 0.29) is 37.7 Å². The molecule has 1 aliphatic carbocycles. The maximum Gasteiger partial charge on any atom is 0.407 e. The minimum atomic E-state index is -1.23. The molecule has 0 radical (unpaired) electrons. The van der Waals surface area contributed by atoms with Crippen LogP contribution in [0.15, 0.2) is 60.2 Å². The second-order valence-electron chi connectivity index (χ2n) is 7.47. The number of carbonyl (C=O) groups excluding carboxylic acids is 2. The summed E-state index contributed by atoms with van der Waals surface area (Å²) in [5.41, 5.74) is 4.76. The predicted octanol–water partition coefficient (Wildman–Crippen LogP) is 2.42. The summed E-state index contributed by atoms with van der Waals surface area (Å²) in [4.78, 5) is 35.3. The maximum atomic E-state index is 12.2. The van der Waals surface area contributed by atoms with Crippen LogP contribution in [-0.2, 0) is 14.3 Å². The lowest BCUT2D eigenvalue weighted by Crippen LogP contribution is -2.41. The monoisotopic (exact) mass is 438 g/mol. The summed E-state index contributed by atoms with van der Waals surface area (Å²) in [6, 6.07) is 14.9. The number of nitrogens with one attached hydrogen (secondary N) is 2. The average Bonchev–Trinajstić information content (AvgIpc) is 3.11. The molecule has 4 N–H and O–H groups in total. The summed E-state index contributed by atoms with van der Waals surface area (Å²) in [6.45, 7) is 1.38. The molecule has 168 valence electrons. The van der Waals surface area contributed by atoms with Gasteiger partial charge in [0.05, 0.1) is 0 Å². The van der Waals surface area contributed by atoms with E-state index in [0.717, 1.165) is 22.3 Å². The number of carboxylic acids is 1. The molecule has 0 spiro atoms. The minimum Gasteiger partial charge on any atom is -0.480 e. The van der Waals surface area contributed by atoms with Gasteiger partial charge in [-0.2, -0.15) is 0 Å². The first-order chi connectivity index (χ1) is 15.4. The van der Waals surface area contributed by atoms with Crippen molar-refractivity contribution in [3.05, 3.63) is 71.3 Å². The molecule has 1 aliphatic rings. The van der Waals surface area contributed by atoms with Crippen LogP contribution in [0.4, 0.5) is 4.79 Å². The third kappa shape index (κ3) is 5.33. The topological polar surface area (TPSA) is 125 Å². The Morgan fingerprint density at radius 2 is 1.66 bits per heavy atom. The quantitative estimate of drug-likeness (QED) is 0.446. The molecule has 0 saturated heterocycles. The number of carbonyl (C=O) groups is 3. The molecule has 2 amide bonds. The fraction of sp³-hybridized carbons (Fsp3) is 0.292. The molecular formula is C24H26N2O6. The first-order valence-corrected chi connectivity index (χ1v) is 10.3. The van der Waals surface area contributed by atoms with Gasteiger partial charge in [0.1, 0.15) is 12.6 Å². The van der Waals surface area contributed by atoms with Gasteiger partial charge < -0.3 is 25.6 Å². The van der Waals surface area contributed by atoms with Crippen LogP contribution < -0.4 is 10.6 Å². The van der Waals surface area contributed by atoms with Crippen LogP contribution in [0.3, 0.4) is 0 Å². The molecule has 0 aromatic heterocycles. The van der Waals surface area contributed by atoms with Crippen molar-refractivity contribution in [2.24, 2.45) is 0 Å². The Bertz CT molecular complexity index is 987. The number of benzene rings is 2. The van der Waals surface area contributed by atoms with E-state index >= 15 is 0 Å². The van der Waals surface area contributed by atoms with Crippen LogP contribution in [-0.4, -0.2) is 54.0 Å². The molecule has 0 bridgehead atoms. The molecule has 32 heavy (non-hydrogen) atoms. The van der Waals surface area contributed by atoms with Crippen LogP contribution in [0, 0.1) is 0 Å². The lowest BCUT2D eigenvalue weighted by molar-refractivity contribution is -0.141. The molecule has 0 fully saturated rings. The largest absolute Gasteiger partial charge is 0.480 e. The second-order valence-corrected chi connectivity index (χ2v) is 7.47. The third-order valence-corrected chi connectivity index (χ3v) is 5.38. The Kier molecular flexibility index (Phi) is 7.62. The summed E-state index contributed by atoms with van der Waals surface area (Å²) in [7, 11) is 0. The van der Waals surface area contributed by atoms with Crippen molar-refractivity contribution in [1.82, 2.24) is 10.6 Å². The number of carboxylic acid groups (broad SMARTS) is 1. The zero-order valence-corrected chi connectivity index (χ0v) is 17.7. The zero-order chi connectivity index (χ0) is 23.1. The van der Waals surface area contributed by atoms with Crippen molar-refractivity contribution >= 4 is 18.0 Å². The van der Waals surface area contributed by atoms with Gasteiger partial charge in [0.15, 0.2) is 0 Å². The first kappa shape index (κ1) is 23.0. The normalized spacial score (nSPS) is 13.6. The number of aliphatic hydroxyl groups excluding tert-OH is 1. The number of alkyl carbamates (subject to hydrolysis) is 1. The lowest BCUT2D eigenvalue weighted by atomic mass is 9.98. The summed E-state index contributed by atoms with van der Waals surface area (Å²) < 4.78 is 5.42. The maximum absolute atomic E-state index is 12.2. The number of aliphatic carboxylic acids is 1. The highest BCUT2D eigenvalue weighted by Gasteiger charge is 2.29. The van der Waals surface area contributed by atoms with Gasteiger partial charge in [-0.05, 0) is 29.2 Å². The zero-order valence-electron chi connectivity index (χ0n) is 17.7. The number of hydrogen-bond acceptors (Lipinski definition) is 5. The lowest BCUT2D eigenvalue weighted by Gasteiger charge is -2.14. The van der Waals surface area contributed by atoms with Crippen molar-refractivity contribution in [3.8, 4) is 11.1 Å². The van der Waals surface area contributed by atoms with Crippen LogP contribution in [0.25, 0.3) is 11.1 Å². The van der Waals surface area contributed by atoms with Gasteiger partial charge in [0, 0.05) is 31.1 Å². The summed E-state index contributed by atoms with van der Waals surface area (Å²) in [5, 5.41) is 22.8. The van der Waals surface area contributed by atoms with Crippen LogP contribution in [0.5, 0.6) is 0 Å². The highest BCUT2D eigenvalue weighted by atomic mass is 16.5. The van der Waals surface area contributed by atoms with Crippen molar-refractivity contribution in [2.45, 2.75) is 25.3 Å². The first-order valence-electron chi connectivity index (χ1n) is 10.3. The fourth-order valence-corrected chi connectivity index (χ4v) is 3.69. The van der Waals surface area contributed by atoms with Gasteiger partial charge in [-0.25, -0.2) is 9.59 Å². The molecule has 2 aromatic rings. The van der Waals surface area contributed by atoms with E-state index in [1.807, 2.05) is 36.4 Å². The molecule has 0 heterocycles. The molecule has 0 saturated carbocycles. The SMILES string of the molecule is C/C(=C\CNC(=O)OCC1c2ccccc2-c2ccccc21)C(=O)N[C@@H](CCO)C(=O)O. The Labute approximate surface area is 185 Å². The molecule has 0 aliphatic heterocycles. The molecule has 1 atom stereocenters. The van der Waals surface area contributed by atoms with E-state index in [1.54, 1.807) is 0 Å². The summed E-state index contributed by atoms with van der Waals surface area (Å²) in [5.74, 6) is -1.85. The fourth-order valence-electron chi connectivity index (χ4n) is 3.69. The van der Waals surface area contributed by atoms with Crippen LogP contribution in [0.1, 0.15) is 30.4 Å². The van der Waals surface area contributed by atoms with E-state index < -0.39 is 24.0 Å². The van der Waals surface area contributed by atoms with Gasteiger partial charge in [-0.15, -0.1) is 0 Å². The summed E-state index contributed by atoms with van der Waals surface area (Å²) in [6.07, 6.45) is 0.765. The second kappa shape index (κ2) is 10.6. The third-order valence-electron chi connectivity index (χ3n) is 5.38. The van der Waals surface area contributed by atoms with Gasteiger partial charge >= 0.3 is 12.1 Å². The Morgan fingerprint density at radius 1 is 1.06 bits per heavy atom. The van der Waals surface area contributed by atoms with Gasteiger partial charge in [-0.3, -0.25) is 4.79 Å². The van der Waals surface area contributed by atoms with Crippen molar-refractivity contribution in [1.29, 1.82) is 0 Å². The van der Waals surface area contributed by atoms with E-state index in [2.05, 4.69) is 22.8 Å². The molecule has 3 rings (SSSR count). The smallest absolute Gasteiger partial charge is 0.407 e. The molecule has 8 heteroatoms. The number of ether oxygens (including phenoxy) is 1. The molecular weight excluding hydrogens is 412 g/mol. The van der Waals surface area contributed by atoms with E-state index in [4.69, 9.17) is 14.9 Å². The molecule has 0 unspecified atom stereocenters. The van der Waals surface area contributed by atoms with Crippen molar-refractivity contribution in [2.75, 3.05) is 19.8 Å². The van der Waals surface area contributed by atoms with Crippen LogP contribution in [0.2, 0.25) is 0 Å². The van der Waals surface area contributed by atoms with Gasteiger partial charge in [0.25, 0.3) is 0 Å². The van der Waals surface area contributed by atoms with E-state index in [9.17, 15) is 14.4 Å². The number of aliphatic hydroxyl groups is 1. The van der Waals surface area contributed by atoms with Crippen molar-refractivity contribution in [3.63, 3.8) is 0 Å². The van der Waals surface area contributed by atoms with Crippen molar-refractivity contribution < 1.29 is 29.3 Å². The average molecular weight is 438 g/mol. The number of rotatable bonds is 9. The van der Waals surface area contributed by atoms with E-state index in [0.29, 0.717) is 0 Å². The Hall–Kier alpha value is -3.65. The molecule has 2 aromatic carbocycles. The highest BCUT2D eigenvalue weighted by Crippen LogP contribution is 2.44. The number of hydrogen-bond donors (Lipinski definition) is 4. The predicted molar refractivity (Wildman–Crippen MR) is 118 cm³/mol. The standard InChI is InChI=1S/C24H26N2O6/c1-15(22(28)26-21(11-13-27)23(29)30)10-12-25-24(31)32-14-20-18-8-4-2-6-16(18)17-7-3-5-9-19(17)20/h2-10,20-21,27H,11-14H2,1H3,(H,25,31)(H,26,28)(H,29,30)/b15-10+/t21-/m0/s1. The van der Waals surface area contributed by atoms with Gasteiger partial charge in [-0.1, -0.05) is 54.6 Å². The highest BCUT2D eigenvalue weighted by molar-refractivity contribution is 5.95. The Balaban J connectivity index is 1.52. The minimum absolute atomic E-state index is 0.0457. The summed E-state index contributed by atoms with van der Waals surface area (Å²) >= 11 is 0. The van der Waals surface area contributed by atoms with Crippen LogP contribution >= 0.6 is 0 Å². The Morgan fingerprint density at radius 3 is 2.22 bits per heavy atom. The van der Waals surface area contributed by atoms with E-state index in [1.165, 1.54) is 13.0 Å². The number of fused-ring (bicyclic) bond motifs is 3. The number of amides is 2. The molecule has 8 nitrogen and oxygen atoms in total. The van der Waals surface area contributed by atoms with Gasteiger partial charge in [0.2, 0.25) is 5.91 Å².